The number of aromatic nitrogens is 2. The molecule has 24 heavy (non-hydrogen) atoms. The fourth-order valence-electron chi connectivity index (χ4n) is 2.81. The maximum atomic E-state index is 12.5. The van der Waals surface area contributed by atoms with Gasteiger partial charge in [0.1, 0.15) is 6.10 Å². The van der Waals surface area contributed by atoms with E-state index in [1.807, 2.05) is 43.3 Å². The first kappa shape index (κ1) is 16.9. The summed E-state index contributed by atoms with van der Waals surface area (Å²) in [5.41, 5.74) is 3.64. The van der Waals surface area contributed by atoms with Crippen LogP contribution < -0.4 is 5.32 Å². The van der Waals surface area contributed by atoms with Gasteiger partial charge in [0.2, 0.25) is 5.91 Å². The molecule has 0 aromatic carbocycles. The Morgan fingerprint density at radius 3 is 2.96 bits per heavy atom. The molecule has 1 N–H and O–H groups in total. The topological polar surface area (TPSA) is 67.4 Å². The average molecular weight is 346 g/mol. The van der Waals surface area contributed by atoms with Gasteiger partial charge < -0.3 is 15.0 Å². The third kappa shape index (κ3) is 3.91. The summed E-state index contributed by atoms with van der Waals surface area (Å²) in [5.74, 6) is 0.0927. The Hall–Kier alpha value is -1.99. The Bertz CT molecular complexity index is 731. The van der Waals surface area contributed by atoms with E-state index in [0.717, 1.165) is 27.8 Å². The number of aryl methyl sites for hydroxylation is 2. The first-order valence-corrected chi connectivity index (χ1v) is 8.90. The maximum Gasteiger partial charge on any atom is 0.228 e. The van der Waals surface area contributed by atoms with Crippen LogP contribution >= 0.6 is 11.3 Å². The number of morpholine rings is 1. The van der Waals surface area contributed by atoms with Crippen LogP contribution in [-0.4, -0.2) is 47.5 Å². The zero-order valence-corrected chi connectivity index (χ0v) is 15.0. The van der Waals surface area contributed by atoms with Gasteiger partial charge in [0.25, 0.3) is 0 Å². The summed E-state index contributed by atoms with van der Waals surface area (Å²) >= 11 is 1.57. The SMILES string of the molecule is CNc1cc(C)nc(C2CN(C(=O)Cc3csc(C)n3)CCO2)c1. The number of nitrogens with zero attached hydrogens (tertiary/aromatic N) is 3. The van der Waals surface area contributed by atoms with Crippen molar-refractivity contribution in [3.8, 4) is 0 Å². The molecule has 1 aliphatic rings. The number of rotatable bonds is 4. The van der Waals surface area contributed by atoms with Gasteiger partial charge in [-0.25, -0.2) is 4.98 Å². The molecule has 3 heterocycles. The first-order valence-electron chi connectivity index (χ1n) is 8.02. The Labute approximate surface area is 145 Å². The predicted octanol–water partition coefficient (Wildman–Crippen LogP) is 2.34. The van der Waals surface area contributed by atoms with Crippen LogP contribution in [-0.2, 0) is 16.0 Å². The molecular weight excluding hydrogens is 324 g/mol. The molecule has 1 aliphatic heterocycles. The molecule has 0 bridgehead atoms. The average Bonchev–Trinajstić information content (AvgIpc) is 2.99. The molecule has 2 aromatic rings. The van der Waals surface area contributed by atoms with Gasteiger partial charge >= 0.3 is 0 Å². The van der Waals surface area contributed by atoms with Crippen LogP contribution in [0, 0.1) is 13.8 Å². The number of ether oxygens (including phenoxy) is 1. The first-order chi connectivity index (χ1) is 11.5. The van der Waals surface area contributed by atoms with Gasteiger partial charge in [-0.2, -0.15) is 0 Å². The lowest BCUT2D eigenvalue weighted by Crippen LogP contribution is -2.43. The van der Waals surface area contributed by atoms with Gasteiger partial charge in [0.15, 0.2) is 0 Å². The highest BCUT2D eigenvalue weighted by Crippen LogP contribution is 2.24. The van der Waals surface area contributed by atoms with E-state index < -0.39 is 0 Å². The number of carbonyl (C=O) groups excluding carboxylic acids is 1. The van der Waals surface area contributed by atoms with Gasteiger partial charge in [-0.3, -0.25) is 9.78 Å². The van der Waals surface area contributed by atoms with E-state index in [4.69, 9.17) is 4.74 Å². The van der Waals surface area contributed by atoms with E-state index in [1.165, 1.54) is 0 Å². The summed E-state index contributed by atoms with van der Waals surface area (Å²) in [6, 6.07) is 3.97. The predicted molar refractivity (Wildman–Crippen MR) is 94.3 cm³/mol. The Balaban J connectivity index is 1.69. The van der Waals surface area contributed by atoms with E-state index >= 15 is 0 Å². The minimum absolute atomic E-state index is 0.0927. The van der Waals surface area contributed by atoms with E-state index in [0.29, 0.717) is 26.1 Å². The molecule has 0 saturated carbocycles. The fraction of sp³-hybridized carbons (Fsp3) is 0.471. The molecular formula is C17H22N4O2S. The number of anilines is 1. The highest BCUT2D eigenvalue weighted by Gasteiger charge is 2.27. The van der Waals surface area contributed by atoms with Crippen LogP contribution in [0.4, 0.5) is 5.69 Å². The zero-order chi connectivity index (χ0) is 17.1. The highest BCUT2D eigenvalue weighted by molar-refractivity contribution is 7.09. The molecule has 128 valence electrons. The van der Waals surface area contributed by atoms with Crippen LogP contribution in [0.25, 0.3) is 0 Å². The molecule has 3 rings (SSSR count). The van der Waals surface area contributed by atoms with Gasteiger partial charge in [-0.05, 0) is 26.0 Å². The molecule has 0 spiro atoms. The fourth-order valence-corrected chi connectivity index (χ4v) is 3.43. The quantitative estimate of drug-likeness (QED) is 0.920. The van der Waals surface area contributed by atoms with Crippen LogP contribution in [0.5, 0.6) is 0 Å². The summed E-state index contributed by atoms with van der Waals surface area (Å²) in [7, 11) is 1.88. The summed E-state index contributed by atoms with van der Waals surface area (Å²) in [4.78, 5) is 23.3. The number of thiazole rings is 1. The maximum absolute atomic E-state index is 12.5. The monoisotopic (exact) mass is 346 g/mol. The molecule has 0 radical (unpaired) electrons. The minimum atomic E-state index is -0.188. The number of pyridine rings is 1. The molecule has 6 nitrogen and oxygen atoms in total. The lowest BCUT2D eigenvalue weighted by molar-refractivity contribution is -0.138. The molecule has 1 fully saturated rings. The molecule has 1 amide bonds. The van der Waals surface area contributed by atoms with Gasteiger partial charge in [0, 0.05) is 30.4 Å². The zero-order valence-electron chi connectivity index (χ0n) is 14.2. The highest BCUT2D eigenvalue weighted by atomic mass is 32.1. The smallest absolute Gasteiger partial charge is 0.228 e. The number of hydrogen-bond acceptors (Lipinski definition) is 6. The van der Waals surface area contributed by atoms with Crippen molar-refractivity contribution in [3.63, 3.8) is 0 Å². The van der Waals surface area contributed by atoms with Crippen molar-refractivity contribution in [1.82, 2.24) is 14.9 Å². The minimum Gasteiger partial charge on any atom is -0.388 e. The molecule has 0 aliphatic carbocycles. The van der Waals surface area contributed by atoms with Crippen molar-refractivity contribution in [2.75, 3.05) is 32.1 Å². The van der Waals surface area contributed by atoms with Crippen LogP contribution in [0.3, 0.4) is 0 Å². The molecule has 1 atom stereocenters. The Morgan fingerprint density at radius 1 is 1.42 bits per heavy atom. The van der Waals surface area contributed by atoms with Gasteiger partial charge in [-0.15, -0.1) is 11.3 Å². The summed E-state index contributed by atoms with van der Waals surface area (Å²) in [6.45, 7) is 5.58. The number of nitrogens with one attached hydrogen (secondary N) is 1. The molecule has 7 heteroatoms. The summed E-state index contributed by atoms with van der Waals surface area (Å²) < 4.78 is 5.86. The lowest BCUT2D eigenvalue weighted by Gasteiger charge is -2.33. The number of hydrogen-bond donors (Lipinski definition) is 1. The molecule has 1 unspecified atom stereocenters. The standard InChI is InChI=1S/C17H22N4O2S/c1-11-6-13(18-3)7-15(19-11)16-9-21(4-5-23-16)17(22)8-14-10-24-12(2)20-14/h6-7,10,16H,4-5,8-9H2,1-3H3,(H,18,19). The Morgan fingerprint density at radius 2 is 2.25 bits per heavy atom. The van der Waals surface area contributed by atoms with Crippen LogP contribution in [0.2, 0.25) is 0 Å². The van der Waals surface area contributed by atoms with Crippen molar-refractivity contribution in [3.05, 3.63) is 39.6 Å². The summed E-state index contributed by atoms with van der Waals surface area (Å²) in [5, 5.41) is 6.07. The second-order valence-electron chi connectivity index (χ2n) is 5.91. The van der Waals surface area contributed by atoms with E-state index in [1.54, 1.807) is 11.3 Å². The number of carbonyl (C=O) groups is 1. The number of amides is 1. The van der Waals surface area contributed by atoms with Gasteiger partial charge in [0.05, 0.1) is 36.0 Å². The second kappa shape index (κ2) is 7.27. The second-order valence-corrected chi connectivity index (χ2v) is 6.97. The van der Waals surface area contributed by atoms with Crippen molar-refractivity contribution < 1.29 is 9.53 Å². The van der Waals surface area contributed by atoms with Crippen LogP contribution in [0.15, 0.2) is 17.5 Å². The largest absolute Gasteiger partial charge is 0.388 e. The third-order valence-corrected chi connectivity index (χ3v) is 4.83. The third-order valence-electron chi connectivity index (χ3n) is 4.01. The van der Waals surface area contributed by atoms with E-state index in [9.17, 15) is 4.79 Å². The van der Waals surface area contributed by atoms with Gasteiger partial charge in [-0.1, -0.05) is 0 Å². The lowest BCUT2D eigenvalue weighted by atomic mass is 10.1. The van der Waals surface area contributed by atoms with Crippen molar-refractivity contribution in [1.29, 1.82) is 0 Å². The van der Waals surface area contributed by atoms with Crippen molar-refractivity contribution in [2.45, 2.75) is 26.4 Å². The van der Waals surface area contributed by atoms with Crippen LogP contribution in [0.1, 0.15) is 28.2 Å². The Kier molecular flexibility index (Phi) is 5.11. The summed E-state index contributed by atoms with van der Waals surface area (Å²) in [6.07, 6.45) is 0.159. The normalized spacial score (nSPS) is 17.8. The van der Waals surface area contributed by atoms with E-state index in [-0.39, 0.29) is 12.0 Å². The molecule has 2 aromatic heterocycles. The van der Waals surface area contributed by atoms with E-state index in [2.05, 4.69) is 15.3 Å². The van der Waals surface area contributed by atoms with Crippen molar-refractivity contribution >= 4 is 22.9 Å². The molecule has 1 saturated heterocycles. The van der Waals surface area contributed by atoms with Crippen molar-refractivity contribution in [2.24, 2.45) is 0 Å².